The molecule has 0 N–H and O–H groups in total. The van der Waals surface area contributed by atoms with E-state index in [4.69, 9.17) is 0 Å². The molecule has 0 saturated carbocycles. The van der Waals surface area contributed by atoms with E-state index < -0.39 is 15.1 Å². The summed E-state index contributed by atoms with van der Waals surface area (Å²) in [5, 5.41) is -0.456. The number of hydrogen-bond acceptors (Lipinski definition) is 4. The van der Waals surface area contributed by atoms with Gasteiger partial charge >= 0.3 is 0 Å². The maximum Gasteiger partial charge on any atom is 0.180 e. The molecule has 0 spiro atoms. The summed E-state index contributed by atoms with van der Waals surface area (Å²) in [6.45, 7) is 5.21. The summed E-state index contributed by atoms with van der Waals surface area (Å²) >= 11 is 0. The van der Waals surface area contributed by atoms with Crippen molar-refractivity contribution in [2.45, 2.75) is 30.9 Å². The first-order valence-corrected chi connectivity index (χ1v) is 10.2. The van der Waals surface area contributed by atoms with Gasteiger partial charge in [0.25, 0.3) is 0 Å². The molecule has 27 heavy (non-hydrogen) atoms. The largest absolute Gasteiger partial charge is 0.256 e. The number of sulfone groups is 1. The second-order valence-electron chi connectivity index (χ2n) is 6.42. The Morgan fingerprint density at radius 3 is 2.22 bits per heavy atom. The Kier molecular flexibility index (Phi) is 5.38. The Labute approximate surface area is 160 Å². The molecule has 2 aromatic carbocycles. The molecule has 1 heterocycles. The van der Waals surface area contributed by atoms with E-state index in [0.717, 1.165) is 16.8 Å². The average Bonchev–Trinajstić information content (AvgIpc) is 2.68. The van der Waals surface area contributed by atoms with E-state index in [9.17, 15) is 8.42 Å². The van der Waals surface area contributed by atoms with Crippen molar-refractivity contribution in [3.8, 4) is 23.1 Å². The van der Waals surface area contributed by atoms with Gasteiger partial charge in [-0.1, -0.05) is 36.3 Å². The molecule has 0 saturated heterocycles. The van der Waals surface area contributed by atoms with Gasteiger partial charge in [-0.25, -0.2) is 13.4 Å². The summed E-state index contributed by atoms with van der Waals surface area (Å²) in [6.07, 6.45) is 1.68. The van der Waals surface area contributed by atoms with Crippen LogP contribution in [0.4, 0.5) is 0 Å². The molecule has 0 radical (unpaired) electrons. The molecule has 3 rings (SSSR count). The van der Waals surface area contributed by atoms with Gasteiger partial charge in [-0.3, -0.25) is 4.98 Å². The van der Waals surface area contributed by atoms with Crippen molar-refractivity contribution in [1.29, 1.82) is 0 Å². The van der Waals surface area contributed by atoms with E-state index in [1.165, 1.54) is 0 Å². The maximum atomic E-state index is 12.3. The van der Waals surface area contributed by atoms with Crippen LogP contribution in [-0.2, 0) is 9.84 Å². The summed E-state index contributed by atoms with van der Waals surface area (Å²) in [6, 6.07) is 16.4. The molecule has 5 heteroatoms. The third kappa shape index (κ3) is 4.24. The van der Waals surface area contributed by atoms with Crippen LogP contribution in [0.25, 0.3) is 11.3 Å². The molecule has 0 atom stereocenters. The molecule has 4 nitrogen and oxygen atoms in total. The molecule has 3 aromatic rings. The topological polar surface area (TPSA) is 59.9 Å². The Balaban J connectivity index is 1.94. The van der Waals surface area contributed by atoms with Crippen LogP contribution in [0.1, 0.15) is 30.8 Å². The molecule has 0 fully saturated rings. The van der Waals surface area contributed by atoms with E-state index in [2.05, 4.69) is 21.8 Å². The maximum absolute atomic E-state index is 12.3. The van der Waals surface area contributed by atoms with Gasteiger partial charge in [-0.15, -0.1) is 0 Å². The number of benzene rings is 2. The molecule has 0 bridgehead atoms. The fourth-order valence-corrected chi connectivity index (χ4v) is 3.51. The third-order valence-corrected chi connectivity index (χ3v) is 6.32. The molecular weight excluding hydrogens is 356 g/mol. The lowest BCUT2D eigenvalue weighted by Gasteiger charge is -2.09. The van der Waals surface area contributed by atoms with Crippen LogP contribution in [0.15, 0.2) is 65.7 Å². The monoisotopic (exact) mass is 376 g/mol. The first-order chi connectivity index (χ1) is 12.9. The van der Waals surface area contributed by atoms with Gasteiger partial charge in [0.1, 0.15) is 5.69 Å². The Bertz CT molecular complexity index is 1110. The van der Waals surface area contributed by atoms with Crippen LogP contribution in [-0.4, -0.2) is 23.6 Å². The van der Waals surface area contributed by atoms with Gasteiger partial charge in [-0.2, -0.15) is 0 Å². The van der Waals surface area contributed by atoms with Crippen molar-refractivity contribution in [3.05, 3.63) is 77.7 Å². The lowest BCUT2D eigenvalue weighted by atomic mass is 10.1. The van der Waals surface area contributed by atoms with Gasteiger partial charge in [-0.05, 0) is 51.0 Å². The lowest BCUT2D eigenvalue weighted by molar-refractivity contribution is 0.587. The molecular formula is C22H20N2O2S. The minimum absolute atomic E-state index is 0.311. The first-order valence-electron chi connectivity index (χ1n) is 8.63. The second-order valence-corrected chi connectivity index (χ2v) is 8.93. The normalized spacial score (nSPS) is 11.1. The predicted molar refractivity (Wildman–Crippen MR) is 107 cm³/mol. The smallest absolute Gasteiger partial charge is 0.180 e. The Morgan fingerprint density at radius 2 is 1.59 bits per heavy atom. The van der Waals surface area contributed by atoms with Crippen molar-refractivity contribution in [2.75, 3.05) is 0 Å². The number of nitrogens with zero attached hydrogens (tertiary/aromatic N) is 2. The highest BCUT2D eigenvalue weighted by Crippen LogP contribution is 2.22. The van der Waals surface area contributed by atoms with Crippen molar-refractivity contribution in [1.82, 2.24) is 9.97 Å². The predicted octanol–water partition coefficient (Wildman–Crippen LogP) is 4.03. The standard InChI is InChI=1S/C22H20N2O2S/c1-16(2)27(25,26)20-12-10-19(11-13-20)22-15-23-17(3)21(24-22)14-9-18-7-5-4-6-8-18/h4-8,10-13,15-16H,1-3H3. The molecule has 136 valence electrons. The minimum Gasteiger partial charge on any atom is -0.256 e. The minimum atomic E-state index is -3.29. The van der Waals surface area contributed by atoms with Crippen molar-refractivity contribution in [3.63, 3.8) is 0 Å². The van der Waals surface area contributed by atoms with E-state index in [0.29, 0.717) is 16.3 Å². The van der Waals surface area contributed by atoms with Gasteiger partial charge in [0.2, 0.25) is 0 Å². The number of aromatic nitrogens is 2. The fraction of sp³-hybridized carbons (Fsp3) is 0.182. The van der Waals surface area contributed by atoms with E-state index in [-0.39, 0.29) is 0 Å². The van der Waals surface area contributed by atoms with Crippen LogP contribution in [0.3, 0.4) is 0 Å². The fourth-order valence-electron chi connectivity index (χ4n) is 2.45. The highest BCUT2D eigenvalue weighted by molar-refractivity contribution is 7.92. The quantitative estimate of drug-likeness (QED) is 0.648. The van der Waals surface area contributed by atoms with Crippen LogP contribution in [0, 0.1) is 18.8 Å². The van der Waals surface area contributed by atoms with Crippen molar-refractivity contribution >= 4 is 9.84 Å². The lowest BCUT2D eigenvalue weighted by Crippen LogP contribution is -2.13. The highest BCUT2D eigenvalue weighted by atomic mass is 32.2. The molecule has 1 aromatic heterocycles. The SMILES string of the molecule is Cc1ncc(-c2ccc(S(=O)(=O)C(C)C)cc2)nc1C#Cc1ccccc1. The summed E-state index contributed by atoms with van der Waals surface area (Å²) in [7, 11) is -3.29. The Hall–Kier alpha value is -2.97. The summed E-state index contributed by atoms with van der Waals surface area (Å²) in [5.74, 6) is 6.16. The zero-order valence-electron chi connectivity index (χ0n) is 15.5. The van der Waals surface area contributed by atoms with Crippen LogP contribution in [0.2, 0.25) is 0 Å². The number of hydrogen-bond donors (Lipinski definition) is 0. The van der Waals surface area contributed by atoms with Gasteiger partial charge in [0.05, 0.1) is 27.7 Å². The molecule has 0 unspecified atom stereocenters. The Morgan fingerprint density at radius 1 is 0.926 bits per heavy atom. The zero-order valence-corrected chi connectivity index (χ0v) is 16.3. The molecule has 0 aliphatic heterocycles. The zero-order chi connectivity index (χ0) is 19.4. The van der Waals surface area contributed by atoms with E-state index in [1.54, 1.807) is 44.3 Å². The highest BCUT2D eigenvalue weighted by Gasteiger charge is 2.19. The van der Waals surface area contributed by atoms with Crippen molar-refractivity contribution in [2.24, 2.45) is 0 Å². The van der Waals surface area contributed by atoms with Crippen LogP contribution >= 0.6 is 0 Å². The summed E-state index contributed by atoms with van der Waals surface area (Å²) in [5.41, 5.74) is 3.73. The molecule has 0 aliphatic rings. The van der Waals surface area contributed by atoms with Gasteiger partial charge in [0, 0.05) is 11.1 Å². The second kappa shape index (κ2) is 7.73. The number of rotatable bonds is 3. The summed E-state index contributed by atoms with van der Waals surface area (Å²) < 4.78 is 24.5. The average molecular weight is 376 g/mol. The van der Waals surface area contributed by atoms with Crippen LogP contribution in [0.5, 0.6) is 0 Å². The van der Waals surface area contributed by atoms with E-state index in [1.807, 2.05) is 37.3 Å². The first kappa shape index (κ1) is 18.8. The molecule has 0 aliphatic carbocycles. The number of aryl methyl sites for hydroxylation is 1. The van der Waals surface area contributed by atoms with E-state index >= 15 is 0 Å². The van der Waals surface area contributed by atoms with Crippen molar-refractivity contribution < 1.29 is 8.42 Å². The van der Waals surface area contributed by atoms with Gasteiger partial charge in [0.15, 0.2) is 9.84 Å². The van der Waals surface area contributed by atoms with Crippen LogP contribution < -0.4 is 0 Å². The van der Waals surface area contributed by atoms with Gasteiger partial charge < -0.3 is 0 Å². The third-order valence-electron chi connectivity index (χ3n) is 4.15. The summed E-state index contributed by atoms with van der Waals surface area (Å²) in [4.78, 5) is 9.29. The molecule has 0 amide bonds.